The Morgan fingerprint density at radius 3 is 2.89 bits per heavy atom. The molecule has 3 heterocycles. The second-order valence-corrected chi connectivity index (χ2v) is 8.44. The molecule has 0 unspecified atom stereocenters. The SMILES string of the molecule is Cc1cc(F)cnc1N1CCOc2cc(S(=O)(=O)Nc3nccs3)ccc21. The summed E-state index contributed by atoms with van der Waals surface area (Å²) >= 11 is 1.19. The predicted octanol–water partition coefficient (Wildman–Crippen LogP) is 3.32. The van der Waals surface area contributed by atoms with Gasteiger partial charge in [0.15, 0.2) is 5.13 Å². The maximum Gasteiger partial charge on any atom is 0.263 e. The van der Waals surface area contributed by atoms with Crippen molar-refractivity contribution in [1.29, 1.82) is 0 Å². The second-order valence-electron chi connectivity index (χ2n) is 5.87. The van der Waals surface area contributed by atoms with Gasteiger partial charge in [0.05, 0.1) is 23.3 Å². The van der Waals surface area contributed by atoms with Crippen LogP contribution in [0.3, 0.4) is 0 Å². The Labute approximate surface area is 159 Å². The average Bonchev–Trinajstić information content (AvgIpc) is 3.13. The molecule has 1 aliphatic heterocycles. The number of ether oxygens (including phenoxy) is 1. The molecule has 0 spiro atoms. The van der Waals surface area contributed by atoms with Gasteiger partial charge in [-0.3, -0.25) is 4.72 Å². The molecule has 0 saturated carbocycles. The van der Waals surface area contributed by atoms with Gasteiger partial charge in [-0.2, -0.15) is 0 Å². The Hall–Kier alpha value is -2.72. The Balaban J connectivity index is 1.70. The number of thiazole rings is 1. The number of pyridine rings is 1. The monoisotopic (exact) mass is 406 g/mol. The zero-order valence-electron chi connectivity index (χ0n) is 14.2. The van der Waals surface area contributed by atoms with Crippen LogP contribution in [-0.4, -0.2) is 31.5 Å². The van der Waals surface area contributed by atoms with Crippen LogP contribution in [0.5, 0.6) is 5.75 Å². The number of nitrogens with zero attached hydrogens (tertiary/aromatic N) is 3. The van der Waals surface area contributed by atoms with Gasteiger partial charge in [0.2, 0.25) is 0 Å². The minimum atomic E-state index is -3.78. The van der Waals surface area contributed by atoms with E-state index in [-0.39, 0.29) is 4.90 Å². The number of rotatable bonds is 4. The van der Waals surface area contributed by atoms with Gasteiger partial charge in [-0.25, -0.2) is 22.8 Å². The van der Waals surface area contributed by atoms with Crippen molar-refractivity contribution < 1.29 is 17.5 Å². The highest BCUT2D eigenvalue weighted by Gasteiger charge is 2.25. The van der Waals surface area contributed by atoms with E-state index in [0.29, 0.717) is 41.1 Å². The van der Waals surface area contributed by atoms with Crippen LogP contribution < -0.4 is 14.4 Å². The van der Waals surface area contributed by atoms with Crippen molar-refractivity contribution in [3.8, 4) is 5.75 Å². The van der Waals surface area contributed by atoms with Crippen LogP contribution >= 0.6 is 11.3 Å². The summed E-state index contributed by atoms with van der Waals surface area (Å²) in [5, 5.41) is 1.98. The van der Waals surface area contributed by atoms with E-state index in [9.17, 15) is 12.8 Å². The first-order valence-electron chi connectivity index (χ1n) is 8.03. The number of aromatic nitrogens is 2. The largest absolute Gasteiger partial charge is 0.489 e. The van der Waals surface area contributed by atoms with Crippen molar-refractivity contribution in [3.63, 3.8) is 0 Å². The number of nitrogens with one attached hydrogen (secondary N) is 1. The second kappa shape index (κ2) is 6.78. The molecule has 27 heavy (non-hydrogen) atoms. The molecule has 0 fully saturated rings. The number of sulfonamides is 1. The van der Waals surface area contributed by atoms with Crippen LogP contribution in [0.15, 0.2) is 46.9 Å². The molecule has 0 saturated heterocycles. The van der Waals surface area contributed by atoms with Gasteiger partial charge in [-0.1, -0.05) is 0 Å². The van der Waals surface area contributed by atoms with E-state index in [1.54, 1.807) is 18.4 Å². The molecule has 140 valence electrons. The van der Waals surface area contributed by atoms with Crippen LogP contribution in [0.1, 0.15) is 5.56 Å². The van der Waals surface area contributed by atoms with Gasteiger partial charge in [0, 0.05) is 17.6 Å². The van der Waals surface area contributed by atoms with Gasteiger partial charge in [0.1, 0.15) is 24.0 Å². The number of hydrogen-bond donors (Lipinski definition) is 1. The van der Waals surface area contributed by atoms with E-state index >= 15 is 0 Å². The Morgan fingerprint density at radius 2 is 2.15 bits per heavy atom. The van der Waals surface area contributed by atoms with Crippen LogP contribution in [0.2, 0.25) is 0 Å². The molecule has 0 radical (unpaired) electrons. The first kappa shape index (κ1) is 17.7. The highest BCUT2D eigenvalue weighted by molar-refractivity contribution is 7.93. The standard InChI is InChI=1S/C17H15FN4O3S2/c1-11-8-12(18)10-20-16(11)22-5-6-25-15-9-13(2-3-14(15)22)27(23,24)21-17-19-4-7-26-17/h2-4,7-10H,5-6H2,1H3,(H,19,21). The molecular weight excluding hydrogens is 391 g/mol. The molecule has 7 nitrogen and oxygen atoms in total. The molecule has 0 atom stereocenters. The van der Waals surface area contributed by atoms with E-state index in [4.69, 9.17) is 4.74 Å². The van der Waals surface area contributed by atoms with Crippen LogP contribution in [-0.2, 0) is 10.0 Å². The fraction of sp³-hybridized carbons (Fsp3) is 0.176. The summed E-state index contributed by atoms with van der Waals surface area (Å²) in [6.45, 7) is 2.65. The zero-order chi connectivity index (χ0) is 19.0. The molecule has 10 heteroatoms. The summed E-state index contributed by atoms with van der Waals surface area (Å²) in [5.41, 5.74) is 1.36. The normalized spacial score (nSPS) is 13.8. The molecule has 4 rings (SSSR count). The zero-order valence-corrected chi connectivity index (χ0v) is 15.8. The number of anilines is 3. The smallest absolute Gasteiger partial charge is 0.263 e. The molecule has 1 N–H and O–H groups in total. The summed E-state index contributed by atoms with van der Waals surface area (Å²) in [5.74, 6) is 0.630. The van der Waals surface area contributed by atoms with Gasteiger partial charge < -0.3 is 9.64 Å². The molecular formula is C17H15FN4O3S2. The molecule has 0 bridgehead atoms. The van der Waals surface area contributed by atoms with Crippen LogP contribution in [0.25, 0.3) is 0 Å². The van der Waals surface area contributed by atoms with Crippen molar-refractivity contribution in [1.82, 2.24) is 9.97 Å². The fourth-order valence-corrected chi connectivity index (χ4v) is 4.65. The number of fused-ring (bicyclic) bond motifs is 1. The van der Waals surface area contributed by atoms with Crippen molar-refractivity contribution in [2.24, 2.45) is 0 Å². The molecule has 1 aliphatic rings. The van der Waals surface area contributed by atoms with Gasteiger partial charge in [-0.05, 0) is 30.7 Å². The third-order valence-corrected chi connectivity index (χ3v) is 6.19. The minimum absolute atomic E-state index is 0.0714. The maximum atomic E-state index is 13.4. The predicted molar refractivity (Wildman–Crippen MR) is 101 cm³/mol. The molecule has 0 aliphatic carbocycles. The van der Waals surface area contributed by atoms with E-state index in [2.05, 4.69) is 14.7 Å². The average molecular weight is 406 g/mol. The third-order valence-electron chi connectivity index (χ3n) is 4.03. The Kier molecular flexibility index (Phi) is 4.44. The lowest BCUT2D eigenvalue weighted by Gasteiger charge is -2.31. The van der Waals surface area contributed by atoms with Crippen molar-refractivity contribution >= 4 is 38.0 Å². The quantitative estimate of drug-likeness (QED) is 0.716. The first-order valence-corrected chi connectivity index (χ1v) is 10.4. The van der Waals surface area contributed by atoms with Crippen molar-refractivity contribution in [2.75, 3.05) is 22.8 Å². The number of hydrogen-bond acceptors (Lipinski definition) is 7. The lowest BCUT2D eigenvalue weighted by Crippen LogP contribution is -2.30. The maximum absolute atomic E-state index is 13.4. The van der Waals surface area contributed by atoms with Crippen molar-refractivity contribution in [3.05, 3.63) is 53.4 Å². The highest BCUT2D eigenvalue weighted by Crippen LogP contribution is 2.38. The van der Waals surface area contributed by atoms with E-state index in [0.717, 1.165) is 6.20 Å². The van der Waals surface area contributed by atoms with Crippen LogP contribution in [0, 0.1) is 12.7 Å². The number of aryl methyl sites for hydroxylation is 1. The van der Waals surface area contributed by atoms with Gasteiger partial charge in [0.25, 0.3) is 10.0 Å². The third kappa shape index (κ3) is 3.45. The lowest BCUT2D eigenvalue weighted by atomic mass is 10.2. The summed E-state index contributed by atoms with van der Waals surface area (Å²) < 4.78 is 46.6. The summed E-state index contributed by atoms with van der Waals surface area (Å²) in [6, 6.07) is 6.04. The number of halogens is 1. The Morgan fingerprint density at radius 1 is 1.30 bits per heavy atom. The first-order chi connectivity index (χ1) is 12.9. The molecule has 2 aromatic heterocycles. The molecule has 3 aromatic rings. The minimum Gasteiger partial charge on any atom is -0.489 e. The summed E-state index contributed by atoms with van der Waals surface area (Å²) in [6.07, 6.45) is 2.68. The van der Waals surface area contributed by atoms with E-state index in [1.165, 1.54) is 35.7 Å². The summed E-state index contributed by atoms with van der Waals surface area (Å²) in [4.78, 5) is 10.1. The van der Waals surface area contributed by atoms with E-state index in [1.807, 2.05) is 4.90 Å². The fourth-order valence-electron chi connectivity index (χ4n) is 2.85. The van der Waals surface area contributed by atoms with E-state index < -0.39 is 15.8 Å². The van der Waals surface area contributed by atoms with Gasteiger partial charge >= 0.3 is 0 Å². The highest BCUT2D eigenvalue weighted by atomic mass is 32.2. The van der Waals surface area contributed by atoms with Crippen molar-refractivity contribution in [2.45, 2.75) is 11.8 Å². The summed E-state index contributed by atoms with van der Waals surface area (Å²) in [7, 11) is -3.78. The van der Waals surface area contributed by atoms with Crippen LogP contribution in [0.4, 0.5) is 21.0 Å². The molecule has 1 aromatic carbocycles. The number of benzene rings is 1. The molecule has 0 amide bonds. The lowest BCUT2D eigenvalue weighted by molar-refractivity contribution is 0.312. The Bertz CT molecular complexity index is 1090. The topological polar surface area (TPSA) is 84.4 Å². The van der Waals surface area contributed by atoms with Gasteiger partial charge in [-0.15, -0.1) is 11.3 Å².